The molecule has 0 saturated carbocycles. The first-order chi connectivity index (χ1) is 9.11. The number of aliphatic imine (C=N–C) groups is 1. The first-order valence-electron chi connectivity index (χ1n) is 6.62. The molecule has 0 aliphatic heterocycles. The van der Waals surface area contributed by atoms with E-state index >= 15 is 0 Å². The van der Waals surface area contributed by atoms with E-state index in [0.717, 1.165) is 38.4 Å². The molecule has 1 rings (SSSR count). The summed E-state index contributed by atoms with van der Waals surface area (Å²) in [4.78, 5) is 12.0. The van der Waals surface area contributed by atoms with Crippen LogP contribution in [0.25, 0.3) is 0 Å². The molecule has 0 spiro atoms. The Kier molecular flexibility index (Phi) is 11.0. The third-order valence-electron chi connectivity index (χ3n) is 2.60. The van der Waals surface area contributed by atoms with Crippen molar-refractivity contribution >= 4 is 41.3 Å². The average Bonchev–Trinajstić information content (AvgIpc) is 2.78. The highest BCUT2D eigenvalue weighted by atomic mass is 127. The maximum atomic E-state index is 4.35. The van der Waals surface area contributed by atoms with Gasteiger partial charge < -0.3 is 15.5 Å². The van der Waals surface area contributed by atoms with Gasteiger partial charge in [-0.05, 0) is 34.0 Å². The van der Waals surface area contributed by atoms with Crippen molar-refractivity contribution in [3.05, 3.63) is 16.1 Å². The molecule has 7 heteroatoms. The average molecular weight is 411 g/mol. The van der Waals surface area contributed by atoms with Gasteiger partial charge in [0.25, 0.3) is 0 Å². The topological polar surface area (TPSA) is 52.6 Å². The minimum absolute atomic E-state index is 0. The zero-order valence-corrected chi connectivity index (χ0v) is 15.9. The molecule has 2 N–H and O–H groups in total. The van der Waals surface area contributed by atoms with Crippen molar-refractivity contribution in [2.45, 2.75) is 19.8 Å². The van der Waals surface area contributed by atoms with E-state index in [0.29, 0.717) is 0 Å². The van der Waals surface area contributed by atoms with Gasteiger partial charge in [-0.25, -0.2) is 4.98 Å². The largest absolute Gasteiger partial charge is 0.356 e. The van der Waals surface area contributed by atoms with E-state index in [2.05, 4.69) is 46.5 Å². The van der Waals surface area contributed by atoms with E-state index in [1.54, 1.807) is 18.4 Å². The van der Waals surface area contributed by atoms with Crippen molar-refractivity contribution in [2.24, 2.45) is 4.99 Å². The molecule has 5 nitrogen and oxygen atoms in total. The number of hydrogen-bond donors (Lipinski definition) is 2. The summed E-state index contributed by atoms with van der Waals surface area (Å²) < 4.78 is 0. The van der Waals surface area contributed by atoms with Crippen LogP contribution in [-0.2, 0) is 6.42 Å². The van der Waals surface area contributed by atoms with Gasteiger partial charge in [0.1, 0.15) is 0 Å². The molecule has 1 heterocycles. The highest BCUT2D eigenvalue weighted by Gasteiger charge is 2.00. The smallest absolute Gasteiger partial charge is 0.190 e. The highest BCUT2D eigenvalue weighted by Crippen LogP contribution is 2.10. The number of thiazole rings is 1. The van der Waals surface area contributed by atoms with Gasteiger partial charge in [0.15, 0.2) is 5.96 Å². The van der Waals surface area contributed by atoms with Gasteiger partial charge in [-0.2, -0.15) is 0 Å². The summed E-state index contributed by atoms with van der Waals surface area (Å²) in [5, 5.41) is 7.79. The second-order valence-corrected chi connectivity index (χ2v) is 6.02. The number of halogens is 1. The molecule has 20 heavy (non-hydrogen) atoms. The highest BCUT2D eigenvalue weighted by molar-refractivity contribution is 14.0. The van der Waals surface area contributed by atoms with Crippen LogP contribution in [0.4, 0.5) is 0 Å². The lowest BCUT2D eigenvalue weighted by Gasteiger charge is -2.13. The Hall–Kier alpha value is -0.410. The second-order valence-electron chi connectivity index (χ2n) is 4.70. The lowest BCUT2D eigenvalue weighted by Crippen LogP contribution is -2.39. The predicted molar refractivity (Wildman–Crippen MR) is 98.5 cm³/mol. The minimum atomic E-state index is 0. The minimum Gasteiger partial charge on any atom is -0.356 e. The summed E-state index contributed by atoms with van der Waals surface area (Å²) in [6.07, 6.45) is 3.98. The fourth-order valence-corrected chi connectivity index (χ4v) is 2.41. The van der Waals surface area contributed by atoms with Crippen molar-refractivity contribution in [2.75, 3.05) is 40.8 Å². The summed E-state index contributed by atoms with van der Waals surface area (Å²) in [6, 6.07) is 0. The Morgan fingerprint density at radius 1 is 1.35 bits per heavy atom. The Morgan fingerprint density at radius 2 is 2.05 bits per heavy atom. The van der Waals surface area contributed by atoms with Gasteiger partial charge in [0.05, 0.1) is 5.01 Å². The van der Waals surface area contributed by atoms with Crippen LogP contribution in [0, 0.1) is 6.92 Å². The molecule has 0 fully saturated rings. The number of aromatic nitrogens is 1. The van der Waals surface area contributed by atoms with Crippen LogP contribution in [-0.4, -0.2) is 56.6 Å². The Bertz CT molecular complexity index is 392. The second kappa shape index (κ2) is 11.3. The maximum absolute atomic E-state index is 4.35. The van der Waals surface area contributed by atoms with Crippen LogP contribution in [0.15, 0.2) is 11.2 Å². The number of guanidine groups is 1. The van der Waals surface area contributed by atoms with Gasteiger partial charge in [-0.3, -0.25) is 4.99 Å². The molecule has 1 aromatic rings. The monoisotopic (exact) mass is 411 g/mol. The molecule has 0 amide bonds. The normalized spacial score (nSPS) is 11.3. The zero-order valence-electron chi connectivity index (χ0n) is 12.8. The SMILES string of the molecule is CN=C(NCCCN(C)C)NCCc1ncc(C)s1.I. The summed E-state index contributed by atoms with van der Waals surface area (Å²) in [5.74, 6) is 0.868. The lowest BCUT2D eigenvalue weighted by atomic mass is 10.4. The number of aryl methyl sites for hydroxylation is 1. The van der Waals surface area contributed by atoms with Crippen LogP contribution in [0.2, 0.25) is 0 Å². The molecule has 0 radical (unpaired) electrons. The van der Waals surface area contributed by atoms with Crippen molar-refractivity contribution in [3.8, 4) is 0 Å². The predicted octanol–water partition coefficient (Wildman–Crippen LogP) is 1.73. The summed E-state index contributed by atoms with van der Waals surface area (Å²) in [6.45, 7) is 4.97. The molecule has 0 aliphatic rings. The molecule has 0 bridgehead atoms. The molecule has 0 aromatic carbocycles. The molecule has 0 unspecified atom stereocenters. The van der Waals surface area contributed by atoms with Gasteiger partial charge in [0.2, 0.25) is 0 Å². The van der Waals surface area contributed by atoms with Crippen molar-refractivity contribution in [3.63, 3.8) is 0 Å². The van der Waals surface area contributed by atoms with Gasteiger partial charge >= 0.3 is 0 Å². The Labute approximate surface area is 143 Å². The fraction of sp³-hybridized carbons (Fsp3) is 0.692. The van der Waals surface area contributed by atoms with Crippen LogP contribution in [0.3, 0.4) is 0 Å². The molecule has 1 aromatic heterocycles. The van der Waals surface area contributed by atoms with E-state index in [4.69, 9.17) is 0 Å². The van der Waals surface area contributed by atoms with Gasteiger partial charge in [0, 0.05) is 37.6 Å². The van der Waals surface area contributed by atoms with E-state index in [9.17, 15) is 0 Å². The number of hydrogen-bond acceptors (Lipinski definition) is 4. The zero-order chi connectivity index (χ0) is 14.1. The maximum Gasteiger partial charge on any atom is 0.190 e. The van der Waals surface area contributed by atoms with Gasteiger partial charge in [-0.1, -0.05) is 0 Å². The lowest BCUT2D eigenvalue weighted by molar-refractivity contribution is 0.399. The molecule has 0 aliphatic carbocycles. The van der Waals surface area contributed by atoms with E-state index < -0.39 is 0 Å². The Morgan fingerprint density at radius 3 is 2.60 bits per heavy atom. The third kappa shape index (κ3) is 8.70. The first-order valence-corrected chi connectivity index (χ1v) is 7.44. The summed E-state index contributed by atoms with van der Waals surface area (Å²) >= 11 is 1.75. The summed E-state index contributed by atoms with van der Waals surface area (Å²) in [7, 11) is 5.97. The van der Waals surface area contributed by atoms with Crippen LogP contribution in [0.5, 0.6) is 0 Å². The molecule has 116 valence electrons. The van der Waals surface area contributed by atoms with Crippen LogP contribution in [0.1, 0.15) is 16.3 Å². The number of rotatable bonds is 7. The number of nitrogens with one attached hydrogen (secondary N) is 2. The molecule has 0 saturated heterocycles. The fourth-order valence-electron chi connectivity index (χ4n) is 1.63. The van der Waals surface area contributed by atoms with E-state index in [1.807, 2.05) is 6.20 Å². The standard InChI is InChI=1S/C13H25N5S.HI/c1-11-10-17-12(19-11)6-8-16-13(14-2)15-7-5-9-18(3)4;/h10H,5-9H2,1-4H3,(H2,14,15,16);1H. The molecular weight excluding hydrogens is 385 g/mol. The van der Waals surface area contributed by atoms with Crippen molar-refractivity contribution in [1.82, 2.24) is 20.5 Å². The molecule has 0 atom stereocenters. The van der Waals surface area contributed by atoms with Crippen molar-refractivity contribution in [1.29, 1.82) is 0 Å². The third-order valence-corrected chi connectivity index (χ3v) is 3.57. The van der Waals surface area contributed by atoms with Gasteiger partial charge in [-0.15, -0.1) is 35.3 Å². The van der Waals surface area contributed by atoms with Crippen molar-refractivity contribution < 1.29 is 0 Å². The van der Waals surface area contributed by atoms with E-state index in [1.165, 1.54) is 9.88 Å². The number of nitrogens with zero attached hydrogens (tertiary/aromatic N) is 3. The van der Waals surface area contributed by atoms with Crippen LogP contribution >= 0.6 is 35.3 Å². The summed E-state index contributed by atoms with van der Waals surface area (Å²) in [5.41, 5.74) is 0. The Balaban J connectivity index is 0.00000361. The quantitative estimate of drug-likeness (QED) is 0.311. The van der Waals surface area contributed by atoms with Crippen LogP contribution < -0.4 is 10.6 Å². The first kappa shape index (κ1) is 19.6. The van der Waals surface area contributed by atoms with E-state index in [-0.39, 0.29) is 24.0 Å². The molecular formula is C13H26IN5S.